The first-order chi connectivity index (χ1) is 19.7. The van der Waals surface area contributed by atoms with E-state index in [9.17, 15) is 4.39 Å². The Labute approximate surface area is 243 Å². The maximum absolute atomic E-state index is 14.7. The van der Waals surface area contributed by atoms with Crippen LogP contribution in [0.15, 0.2) is 95.6 Å². The first-order valence-electron chi connectivity index (χ1n) is 14.9. The van der Waals surface area contributed by atoms with Gasteiger partial charge in [-0.1, -0.05) is 61.6 Å². The average molecular weight is 549 g/mol. The molecule has 0 N–H and O–H groups in total. The molecule has 1 atom stereocenters. The van der Waals surface area contributed by atoms with Gasteiger partial charge < -0.3 is 9.80 Å². The average Bonchev–Trinajstić information content (AvgIpc) is 3.29. The number of hydrogen-bond acceptors (Lipinski definition) is 3. The number of rotatable bonds is 5. The van der Waals surface area contributed by atoms with E-state index in [1.165, 1.54) is 55.8 Å². The topological polar surface area (TPSA) is 24.3 Å². The Hall–Kier alpha value is -3.86. The zero-order valence-electron chi connectivity index (χ0n) is 25.2. The van der Waals surface area contributed by atoms with E-state index >= 15 is 0 Å². The van der Waals surface area contributed by atoms with E-state index in [1.807, 2.05) is 6.20 Å². The van der Waals surface area contributed by atoms with Crippen molar-refractivity contribution in [3.8, 4) is 11.1 Å². The molecule has 41 heavy (non-hydrogen) atoms. The molecule has 6 rings (SSSR count). The van der Waals surface area contributed by atoms with E-state index in [4.69, 9.17) is 5.10 Å². The molecule has 0 spiro atoms. The van der Waals surface area contributed by atoms with Gasteiger partial charge in [0, 0.05) is 48.6 Å². The van der Waals surface area contributed by atoms with Crippen molar-refractivity contribution in [2.45, 2.75) is 60.1 Å². The molecule has 4 nitrogen and oxygen atoms in total. The Morgan fingerprint density at radius 1 is 1.05 bits per heavy atom. The second-order valence-electron chi connectivity index (χ2n) is 12.2. The standard InChI is InChI=1S/C36H41FN4/c1-7-10-24(2)35-26(4)33(40-18-17-39-22-29(36(5,6)37)13-14-30(39)23-40)15-16-34-32(21-38-41(34)35)28-19-25(3)31-12-9-8-11-27(31)20-28/h7-12,14-15,19-22,24H,13,16-18,23H2,1-6H3. The molecule has 5 heteroatoms. The molecule has 0 amide bonds. The highest BCUT2D eigenvalue weighted by molar-refractivity contribution is 5.90. The van der Waals surface area contributed by atoms with E-state index in [-0.39, 0.29) is 5.92 Å². The van der Waals surface area contributed by atoms with Crippen LogP contribution < -0.4 is 0 Å². The molecule has 1 saturated heterocycles. The third-order valence-electron chi connectivity index (χ3n) is 8.95. The lowest BCUT2D eigenvalue weighted by molar-refractivity contribution is 0.229. The summed E-state index contributed by atoms with van der Waals surface area (Å²) in [5, 5.41) is 7.58. The molecule has 1 fully saturated rings. The maximum Gasteiger partial charge on any atom is 0.128 e. The van der Waals surface area contributed by atoms with Crippen molar-refractivity contribution in [3.05, 3.63) is 107 Å². The van der Waals surface area contributed by atoms with Gasteiger partial charge >= 0.3 is 0 Å². The zero-order chi connectivity index (χ0) is 28.9. The number of nitrogens with zero attached hydrogens (tertiary/aromatic N) is 4. The summed E-state index contributed by atoms with van der Waals surface area (Å²) >= 11 is 0. The van der Waals surface area contributed by atoms with E-state index in [2.05, 4.69) is 109 Å². The number of halogens is 1. The summed E-state index contributed by atoms with van der Waals surface area (Å²) in [6, 6.07) is 13.2. The Morgan fingerprint density at radius 2 is 1.85 bits per heavy atom. The third-order valence-corrected chi connectivity index (χ3v) is 8.95. The van der Waals surface area contributed by atoms with Gasteiger partial charge in [0.15, 0.2) is 0 Å². The lowest BCUT2D eigenvalue weighted by Crippen LogP contribution is -2.43. The summed E-state index contributed by atoms with van der Waals surface area (Å²) in [5.41, 5.74) is 9.52. The van der Waals surface area contributed by atoms with Gasteiger partial charge in [0.2, 0.25) is 0 Å². The summed E-state index contributed by atoms with van der Waals surface area (Å²) in [7, 11) is 0. The molecule has 4 heterocycles. The van der Waals surface area contributed by atoms with Crippen LogP contribution in [-0.4, -0.2) is 44.9 Å². The number of aryl methyl sites for hydroxylation is 1. The van der Waals surface area contributed by atoms with Crippen molar-refractivity contribution in [3.63, 3.8) is 0 Å². The normalized spacial score (nSPS) is 18.7. The van der Waals surface area contributed by atoms with Crippen LogP contribution in [0.4, 0.5) is 4.39 Å². The minimum absolute atomic E-state index is 0.207. The smallest absolute Gasteiger partial charge is 0.128 e. The van der Waals surface area contributed by atoms with Crippen LogP contribution in [0.5, 0.6) is 0 Å². The second-order valence-corrected chi connectivity index (χ2v) is 12.2. The second kappa shape index (κ2) is 10.5. The van der Waals surface area contributed by atoms with Gasteiger partial charge in [-0.3, -0.25) is 0 Å². The van der Waals surface area contributed by atoms with E-state index in [1.54, 1.807) is 13.8 Å². The van der Waals surface area contributed by atoms with Crippen LogP contribution in [-0.2, 0) is 6.42 Å². The van der Waals surface area contributed by atoms with Crippen molar-refractivity contribution in [1.82, 2.24) is 19.6 Å². The number of hydrogen-bond donors (Lipinski definition) is 0. The maximum atomic E-state index is 14.7. The Bertz CT molecular complexity index is 1660. The Kier molecular flexibility index (Phi) is 7.01. The molecule has 2 aromatic carbocycles. The lowest BCUT2D eigenvalue weighted by atomic mass is 9.94. The summed E-state index contributed by atoms with van der Waals surface area (Å²) in [6.07, 6.45) is 14.6. The molecule has 0 aliphatic carbocycles. The highest BCUT2D eigenvalue weighted by Crippen LogP contribution is 2.38. The van der Waals surface area contributed by atoms with Gasteiger partial charge in [-0.15, -0.1) is 0 Å². The van der Waals surface area contributed by atoms with Crippen LogP contribution in [0.25, 0.3) is 27.6 Å². The third kappa shape index (κ3) is 4.96. The molecule has 3 aliphatic rings. The van der Waals surface area contributed by atoms with Crippen molar-refractivity contribution in [1.29, 1.82) is 0 Å². The van der Waals surface area contributed by atoms with Crippen LogP contribution in [0.3, 0.4) is 0 Å². The minimum Gasteiger partial charge on any atom is -0.364 e. The number of allylic oxidation sites excluding steroid dienone is 7. The van der Waals surface area contributed by atoms with E-state index in [0.29, 0.717) is 6.42 Å². The molecule has 1 unspecified atom stereocenters. The number of piperazine rings is 1. The number of fused-ring (bicyclic) bond motifs is 3. The lowest BCUT2D eigenvalue weighted by Gasteiger charge is -2.42. The van der Waals surface area contributed by atoms with Gasteiger partial charge in [0.1, 0.15) is 5.67 Å². The molecule has 212 valence electrons. The fourth-order valence-corrected chi connectivity index (χ4v) is 6.73. The summed E-state index contributed by atoms with van der Waals surface area (Å²) in [5.74, 6) is 0.207. The van der Waals surface area contributed by atoms with Crippen molar-refractivity contribution in [2.75, 3.05) is 19.6 Å². The van der Waals surface area contributed by atoms with Crippen LogP contribution in [0.2, 0.25) is 0 Å². The zero-order valence-corrected chi connectivity index (χ0v) is 25.2. The fourth-order valence-electron chi connectivity index (χ4n) is 6.73. The quantitative estimate of drug-likeness (QED) is 0.299. The van der Waals surface area contributed by atoms with Crippen molar-refractivity contribution < 1.29 is 4.39 Å². The van der Waals surface area contributed by atoms with E-state index in [0.717, 1.165) is 31.6 Å². The highest BCUT2D eigenvalue weighted by Gasteiger charge is 2.31. The van der Waals surface area contributed by atoms with Crippen LogP contribution in [0.1, 0.15) is 52.3 Å². The number of aromatic nitrogens is 2. The van der Waals surface area contributed by atoms with Gasteiger partial charge in [-0.05, 0) is 80.2 Å². The number of benzene rings is 2. The first-order valence-corrected chi connectivity index (χ1v) is 14.9. The molecule has 0 bridgehead atoms. The van der Waals surface area contributed by atoms with Gasteiger partial charge in [-0.2, -0.15) is 5.10 Å². The van der Waals surface area contributed by atoms with Crippen LogP contribution in [0, 0.1) is 12.8 Å². The summed E-state index contributed by atoms with van der Waals surface area (Å²) in [6.45, 7) is 14.7. The number of alkyl halides is 1. The van der Waals surface area contributed by atoms with Crippen molar-refractivity contribution in [2.24, 2.45) is 5.92 Å². The molecule has 3 aromatic rings. The molecule has 0 radical (unpaired) electrons. The fraction of sp³-hybridized carbons (Fsp3) is 0.361. The molecule has 1 aromatic heterocycles. The predicted molar refractivity (Wildman–Crippen MR) is 169 cm³/mol. The summed E-state index contributed by atoms with van der Waals surface area (Å²) in [4.78, 5) is 4.76. The summed E-state index contributed by atoms with van der Waals surface area (Å²) < 4.78 is 16.9. The molecule has 0 saturated carbocycles. The van der Waals surface area contributed by atoms with Gasteiger partial charge in [-0.25, -0.2) is 9.07 Å². The van der Waals surface area contributed by atoms with Gasteiger partial charge in [0.25, 0.3) is 0 Å². The SMILES string of the molecule is CC=CC(C)C1=C(C)C(N2CCN3C=C(C(C)(C)F)CC=C3C2)=CCc2c(-c3cc(C)c4ccccc4c3)cnn21. The van der Waals surface area contributed by atoms with E-state index < -0.39 is 5.67 Å². The largest absolute Gasteiger partial charge is 0.364 e. The monoisotopic (exact) mass is 548 g/mol. The molecular weight excluding hydrogens is 507 g/mol. The molecular formula is C36H41FN4. The van der Waals surface area contributed by atoms with Crippen LogP contribution >= 0.6 is 0 Å². The first kappa shape index (κ1) is 27.3. The highest BCUT2D eigenvalue weighted by atomic mass is 19.1. The Morgan fingerprint density at radius 3 is 2.63 bits per heavy atom. The minimum atomic E-state index is -1.29. The van der Waals surface area contributed by atoms with Gasteiger partial charge in [0.05, 0.1) is 24.1 Å². The molecule has 3 aliphatic heterocycles. The Balaban J connectivity index is 1.39. The predicted octanol–water partition coefficient (Wildman–Crippen LogP) is 8.43. The van der Waals surface area contributed by atoms with Crippen molar-refractivity contribution >= 4 is 16.5 Å².